The van der Waals surface area contributed by atoms with Crippen LogP contribution in [0.25, 0.3) is 0 Å². The fourth-order valence-corrected chi connectivity index (χ4v) is 5.14. The zero-order valence-electron chi connectivity index (χ0n) is 22.8. The van der Waals surface area contributed by atoms with Gasteiger partial charge in [-0.1, -0.05) is 47.5 Å². The van der Waals surface area contributed by atoms with Crippen molar-refractivity contribution in [1.82, 2.24) is 14.8 Å². The molecule has 2 N–H and O–H groups in total. The smallest absolute Gasteiger partial charge is 0.255 e. The molecular formula is C30H29Cl2N5O4. The maximum atomic E-state index is 13.8. The second-order valence-electron chi connectivity index (χ2n) is 9.11. The molecular weight excluding hydrogens is 565 g/mol. The molecule has 0 aliphatic carbocycles. The lowest BCUT2D eigenvalue weighted by molar-refractivity contribution is -0.113. The first-order valence-electron chi connectivity index (χ1n) is 13.1. The van der Waals surface area contributed by atoms with Gasteiger partial charge >= 0.3 is 0 Å². The summed E-state index contributed by atoms with van der Waals surface area (Å²) in [4.78, 5) is 18.2. The van der Waals surface area contributed by atoms with Crippen molar-refractivity contribution in [1.29, 1.82) is 0 Å². The summed E-state index contributed by atoms with van der Waals surface area (Å²) in [6, 6.07) is 17.6. The number of nitrogens with one attached hydrogen (secondary N) is 2. The van der Waals surface area contributed by atoms with Gasteiger partial charge in [-0.25, -0.2) is 4.68 Å². The number of benzene rings is 3. The van der Waals surface area contributed by atoms with E-state index in [-0.39, 0.29) is 12.5 Å². The lowest BCUT2D eigenvalue weighted by atomic mass is 9.94. The van der Waals surface area contributed by atoms with Gasteiger partial charge in [-0.2, -0.15) is 10.1 Å². The van der Waals surface area contributed by atoms with Crippen LogP contribution >= 0.6 is 23.2 Å². The third-order valence-electron chi connectivity index (χ3n) is 6.49. The molecule has 0 fully saturated rings. The molecule has 1 aliphatic heterocycles. The molecule has 0 radical (unpaired) electrons. The Balaban J connectivity index is 1.50. The predicted molar refractivity (Wildman–Crippen MR) is 159 cm³/mol. The van der Waals surface area contributed by atoms with Crippen LogP contribution in [0.5, 0.6) is 17.2 Å². The summed E-state index contributed by atoms with van der Waals surface area (Å²) >= 11 is 12.7. The van der Waals surface area contributed by atoms with Crippen LogP contribution in [0.4, 0.5) is 11.6 Å². The summed E-state index contributed by atoms with van der Waals surface area (Å²) in [5.74, 6) is 1.82. The van der Waals surface area contributed by atoms with Crippen molar-refractivity contribution in [3.8, 4) is 17.2 Å². The Morgan fingerprint density at radius 2 is 1.68 bits per heavy atom. The van der Waals surface area contributed by atoms with Crippen molar-refractivity contribution >= 4 is 40.7 Å². The van der Waals surface area contributed by atoms with Crippen LogP contribution in [0, 0.1) is 0 Å². The fourth-order valence-electron chi connectivity index (χ4n) is 4.64. The Kier molecular flexibility index (Phi) is 8.66. The Labute approximate surface area is 248 Å². The zero-order chi connectivity index (χ0) is 28.9. The molecule has 0 saturated carbocycles. The number of amides is 1. The van der Waals surface area contributed by atoms with Gasteiger partial charge in [0.1, 0.15) is 24.7 Å². The molecule has 3 aromatic carbocycles. The van der Waals surface area contributed by atoms with Crippen LogP contribution in [0.3, 0.4) is 0 Å². The summed E-state index contributed by atoms with van der Waals surface area (Å²) in [5.41, 5.74) is 3.12. The zero-order valence-corrected chi connectivity index (χ0v) is 24.3. The number of hydrogen-bond donors (Lipinski definition) is 2. The Morgan fingerprint density at radius 3 is 2.44 bits per heavy atom. The number of allylic oxidation sites excluding steroid dienone is 1. The number of nitrogens with zero attached hydrogens (tertiary/aromatic N) is 3. The van der Waals surface area contributed by atoms with E-state index in [0.29, 0.717) is 69.0 Å². The molecule has 0 bridgehead atoms. The van der Waals surface area contributed by atoms with Crippen molar-refractivity contribution in [2.75, 3.05) is 23.8 Å². The van der Waals surface area contributed by atoms with Gasteiger partial charge in [0.15, 0.2) is 11.5 Å². The average Bonchev–Trinajstić information content (AvgIpc) is 3.42. The van der Waals surface area contributed by atoms with Gasteiger partial charge < -0.3 is 24.8 Å². The number of fused-ring (bicyclic) bond motifs is 1. The van der Waals surface area contributed by atoms with Crippen molar-refractivity contribution in [2.45, 2.75) is 33.4 Å². The molecule has 212 valence electrons. The van der Waals surface area contributed by atoms with Gasteiger partial charge in [0.2, 0.25) is 5.95 Å². The van der Waals surface area contributed by atoms with Crippen LogP contribution in [0.1, 0.15) is 37.9 Å². The lowest BCUT2D eigenvalue weighted by Crippen LogP contribution is -2.31. The third-order valence-corrected chi connectivity index (χ3v) is 7.20. The van der Waals surface area contributed by atoms with Crippen LogP contribution in [-0.2, 0) is 11.4 Å². The lowest BCUT2D eigenvalue weighted by Gasteiger charge is -2.29. The second kappa shape index (κ2) is 12.5. The van der Waals surface area contributed by atoms with Crippen molar-refractivity contribution in [3.63, 3.8) is 0 Å². The average molecular weight is 594 g/mol. The number of rotatable bonds is 10. The number of anilines is 2. The Hall–Kier alpha value is -4.21. The minimum absolute atomic E-state index is 0.157. The van der Waals surface area contributed by atoms with Crippen LogP contribution in [0.15, 0.2) is 78.3 Å². The Morgan fingerprint density at radius 1 is 0.951 bits per heavy atom. The van der Waals surface area contributed by atoms with Crippen LogP contribution in [-0.4, -0.2) is 33.9 Å². The van der Waals surface area contributed by atoms with Gasteiger partial charge in [0, 0.05) is 21.3 Å². The molecule has 11 heteroatoms. The number of halogens is 2. The standard InChI is InChI=1S/C30H29Cl2N5O4/c1-4-39-24-12-7-6-11-23(24)36-29(38)27-18(3)35-30-33-17-34-37(30)28(27)19-13-14-25(26(15-19)40-5-2)41-16-20-21(31)9-8-10-22(20)32/h6-15,17,28H,4-5,16H2,1-3H3,(H,36,38)(H,33,34,35). The van der Waals surface area contributed by atoms with E-state index in [2.05, 4.69) is 20.7 Å². The highest BCUT2D eigenvalue weighted by Gasteiger charge is 2.34. The molecule has 2 heterocycles. The first kappa shape index (κ1) is 28.3. The third kappa shape index (κ3) is 5.96. The number of carbonyl (C=O) groups excluding carboxylic acids is 1. The predicted octanol–water partition coefficient (Wildman–Crippen LogP) is 6.89. The molecule has 41 heavy (non-hydrogen) atoms. The van der Waals surface area contributed by atoms with E-state index in [0.717, 1.165) is 5.56 Å². The topological polar surface area (TPSA) is 99.5 Å². The minimum Gasteiger partial charge on any atom is -0.492 e. The molecule has 0 spiro atoms. The summed E-state index contributed by atoms with van der Waals surface area (Å²) in [5, 5.41) is 11.7. The SMILES string of the molecule is CCOc1ccccc1NC(=O)C1=C(C)Nc2ncnn2C1c1ccc(OCc2c(Cl)cccc2Cl)c(OCC)c1. The highest BCUT2D eigenvalue weighted by molar-refractivity contribution is 6.35. The summed E-state index contributed by atoms with van der Waals surface area (Å²) < 4.78 is 19.4. The monoisotopic (exact) mass is 593 g/mol. The first-order chi connectivity index (χ1) is 19.9. The summed E-state index contributed by atoms with van der Waals surface area (Å²) in [7, 11) is 0. The van der Waals surface area contributed by atoms with Crippen LogP contribution < -0.4 is 24.8 Å². The van der Waals surface area contributed by atoms with Crippen molar-refractivity contribution < 1.29 is 19.0 Å². The number of hydrogen-bond acceptors (Lipinski definition) is 7. The fraction of sp³-hybridized carbons (Fsp3) is 0.233. The largest absolute Gasteiger partial charge is 0.492 e. The number of ether oxygens (including phenoxy) is 3. The Bertz CT molecular complexity index is 1580. The molecule has 0 saturated heterocycles. The molecule has 9 nitrogen and oxygen atoms in total. The highest BCUT2D eigenvalue weighted by Crippen LogP contribution is 2.40. The summed E-state index contributed by atoms with van der Waals surface area (Å²) in [6.07, 6.45) is 1.45. The van der Waals surface area contributed by atoms with Gasteiger partial charge in [-0.3, -0.25) is 4.79 Å². The van der Waals surface area contributed by atoms with Gasteiger partial charge in [0.05, 0.1) is 24.5 Å². The van der Waals surface area contributed by atoms with E-state index >= 15 is 0 Å². The van der Waals surface area contributed by atoms with Crippen molar-refractivity contribution in [2.24, 2.45) is 0 Å². The molecule has 4 aromatic rings. The molecule has 5 rings (SSSR count). The quantitative estimate of drug-likeness (QED) is 0.206. The van der Waals surface area contributed by atoms with Gasteiger partial charge in [0.25, 0.3) is 5.91 Å². The molecule has 1 atom stereocenters. The molecule has 1 aromatic heterocycles. The number of para-hydroxylation sites is 2. The van der Waals surface area contributed by atoms with E-state index < -0.39 is 6.04 Å². The van der Waals surface area contributed by atoms with Gasteiger partial charge in [-0.15, -0.1) is 0 Å². The normalized spacial score (nSPS) is 14.2. The summed E-state index contributed by atoms with van der Waals surface area (Å²) in [6.45, 7) is 6.65. The number of carbonyl (C=O) groups is 1. The van der Waals surface area contributed by atoms with Crippen LogP contribution in [0.2, 0.25) is 10.0 Å². The van der Waals surface area contributed by atoms with Crippen molar-refractivity contribution in [3.05, 3.63) is 99.4 Å². The maximum Gasteiger partial charge on any atom is 0.255 e. The van der Waals surface area contributed by atoms with Gasteiger partial charge in [-0.05, 0) is 62.7 Å². The van der Waals surface area contributed by atoms with E-state index in [1.807, 2.05) is 51.1 Å². The molecule has 1 unspecified atom stereocenters. The molecule has 1 aliphatic rings. The van der Waals surface area contributed by atoms with E-state index in [4.69, 9.17) is 37.4 Å². The van der Waals surface area contributed by atoms with E-state index in [1.54, 1.807) is 35.0 Å². The van der Waals surface area contributed by atoms with E-state index in [1.165, 1.54) is 6.33 Å². The molecule has 1 amide bonds. The van der Waals surface area contributed by atoms with E-state index in [9.17, 15) is 4.79 Å². The first-order valence-corrected chi connectivity index (χ1v) is 13.9. The second-order valence-corrected chi connectivity index (χ2v) is 9.92. The maximum absolute atomic E-state index is 13.8. The highest BCUT2D eigenvalue weighted by atomic mass is 35.5. The number of aromatic nitrogens is 3. The minimum atomic E-state index is -0.598.